The number of hydrogen-bond acceptors (Lipinski definition) is 4. The van der Waals surface area contributed by atoms with Crippen molar-refractivity contribution in [3.05, 3.63) is 77.9 Å². The quantitative estimate of drug-likeness (QED) is 0.639. The third kappa shape index (κ3) is 3.73. The lowest BCUT2D eigenvalue weighted by Gasteiger charge is -2.19. The molecule has 0 amide bonds. The van der Waals surface area contributed by atoms with Gasteiger partial charge in [0.05, 0.1) is 13.2 Å². The average Bonchev–Trinajstić information content (AvgIpc) is 3.17. The van der Waals surface area contributed by atoms with Crippen molar-refractivity contribution in [2.45, 2.75) is 12.6 Å². The average molecular weight is 347 g/mol. The van der Waals surface area contributed by atoms with Gasteiger partial charge in [0.1, 0.15) is 5.75 Å². The van der Waals surface area contributed by atoms with Gasteiger partial charge in [0, 0.05) is 25.6 Å². The maximum atomic E-state index is 5.30. The number of rotatable bonds is 6. The highest BCUT2D eigenvalue weighted by atomic mass is 16.5. The normalized spacial score (nSPS) is 19.7. The summed E-state index contributed by atoms with van der Waals surface area (Å²) in [5, 5.41) is 6.08. The van der Waals surface area contributed by atoms with Crippen LogP contribution in [-0.4, -0.2) is 20.2 Å². The third-order valence-corrected chi connectivity index (χ3v) is 5.10. The second-order valence-corrected chi connectivity index (χ2v) is 6.85. The highest BCUT2D eigenvalue weighted by Crippen LogP contribution is 2.24. The van der Waals surface area contributed by atoms with E-state index in [2.05, 4.69) is 76.8 Å². The summed E-state index contributed by atoms with van der Waals surface area (Å²) in [6, 6.07) is 23.8. The first-order valence-corrected chi connectivity index (χ1v) is 9.14. The minimum atomic E-state index is 0.354. The van der Waals surface area contributed by atoms with Crippen LogP contribution < -0.4 is 20.9 Å². The highest BCUT2D eigenvalue weighted by Gasteiger charge is 2.27. The van der Waals surface area contributed by atoms with E-state index in [0.29, 0.717) is 12.0 Å². The summed E-state index contributed by atoms with van der Waals surface area (Å²) in [5.41, 5.74) is 9.35. The molecule has 1 aliphatic rings. The Morgan fingerprint density at radius 1 is 1.00 bits per heavy atom. The molecule has 0 aliphatic carbocycles. The predicted molar refractivity (Wildman–Crippen MR) is 106 cm³/mol. The zero-order chi connectivity index (χ0) is 17.8. The van der Waals surface area contributed by atoms with E-state index >= 15 is 0 Å². The van der Waals surface area contributed by atoms with Crippen LogP contribution in [0.5, 0.6) is 5.75 Å². The molecule has 134 valence electrons. The fourth-order valence-electron chi connectivity index (χ4n) is 3.65. The summed E-state index contributed by atoms with van der Waals surface area (Å²) >= 11 is 0. The Labute approximate surface area is 154 Å². The molecule has 1 fully saturated rings. The fourth-order valence-corrected chi connectivity index (χ4v) is 3.65. The second-order valence-electron chi connectivity index (χ2n) is 6.85. The van der Waals surface area contributed by atoms with Gasteiger partial charge in [-0.05, 0) is 40.1 Å². The molecule has 2 unspecified atom stereocenters. The van der Waals surface area contributed by atoms with Crippen LogP contribution in [0.15, 0.2) is 66.7 Å². The van der Waals surface area contributed by atoms with Crippen molar-refractivity contribution in [1.82, 2.24) is 16.2 Å². The molecule has 1 saturated heterocycles. The smallest absolute Gasteiger partial charge is 0.119 e. The van der Waals surface area contributed by atoms with Gasteiger partial charge < -0.3 is 10.1 Å². The van der Waals surface area contributed by atoms with Crippen LogP contribution in [0, 0.1) is 5.92 Å². The first-order chi connectivity index (χ1) is 12.8. The highest BCUT2D eigenvalue weighted by molar-refractivity contribution is 5.84. The van der Waals surface area contributed by atoms with Gasteiger partial charge in [-0.3, -0.25) is 5.43 Å². The molecule has 26 heavy (non-hydrogen) atoms. The number of methoxy groups -OCH3 is 1. The predicted octanol–water partition coefficient (Wildman–Crippen LogP) is 3.40. The molecule has 1 heterocycles. The van der Waals surface area contributed by atoms with Crippen molar-refractivity contribution in [3.8, 4) is 5.75 Å². The minimum Gasteiger partial charge on any atom is -0.497 e. The largest absolute Gasteiger partial charge is 0.497 e. The van der Waals surface area contributed by atoms with Crippen molar-refractivity contribution >= 4 is 10.8 Å². The molecule has 0 saturated carbocycles. The molecule has 2 atom stereocenters. The first kappa shape index (κ1) is 17.0. The summed E-state index contributed by atoms with van der Waals surface area (Å²) in [4.78, 5) is 0. The van der Waals surface area contributed by atoms with Crippen LogP contribution in [0.3, 0.4) is 0 Å². The third-order valence-electron chi connectivity index (χ3n) is 5.10. The van der Waals surface area contributed by atoms with Gasteiger partial charge in [-0.15, -0.1) is 0 Å². The van der Waals surface area contributed by atoms with Crippen molar-refractivity contribution < 1.29 is 4.74 Å². The van der Waals surface area contributed by atoms with E-state index in [9.17, 15) is 0 Å². The van der Waals surface area contributed by atoms with Crippen molar-refractivity contribution in [2.75, 3.05) is 20.2 Å². The van der Waals surface area contributed by atoms with Gasteiger partial charge in [0.15, 0.2) is 0 Å². The fraction of sp³-hybridized carbons (Fsp3) is 0.273. The van der Waals surface area contributed by atoms with Gasteiger partial charge >= 0.3 is 0 Å². The SMILES string of the molecule is COc1ccc2cc(CNCC3CNNC3c3ccccc3)ccc2c1. The van der Waals surface area contributed by atoms with Gasteiger partial charge in [0.25, 0.3) is 0 Å². The summed E-state index contributed by atoms with van der Waals surface area (Å²) in [6.45, 7) is 2.82. The minimum absolute atomic E-state index is 0.354. The van der Waals surface area contributed by atoms with E-state index in [4.69, 9.17) is 4.74 Å². The van der Waals surface area contributed by atoms with Gasteiger partial charge in [-0.25, -0.2) is 5.43 Å². The van der Waals surface area contributed by atoms with Gasteiger partial charge in [-0.2, -0.15) is 0 Å². The van der Waals surface area contributed by atoms with Crippen LogP contribution in [0.4, 0.5) is 0 Å². The first-order valence-electron chi connectivity index (χ1n) is 9.14. The van der Waals surface area contributed by atoms with E-state index < -0.39 is 0 Å². The van der Waals surface area contributed by atoms with Crippen LogP contribution >= 0.6 is 0 Å². The van der Waals surface area contributed by atoms with Crippen molar-refractivity contribution in [1.29, 1.82) is 0 Å². The summed E-state index contributed by atoms with van der Waals surface area (Å²) in [5.74, 6) is 1.43. The molecule has 4 heteroatoms. The molecule has 0 bridgehead atoms. The Morgan fingerprint density at radius 3 is 2.65 bits per heavy atom. The summed E-state index contributed by atoms with van der Waals surface area (Å²) in [7, 11) is 1.70. The van der Waals surface area contributed by atoms with Crippen molar-refractivity contribution in [3.63, 3.8) is 0 Å². The van der Waals surface area contributed by atoms with Crippen LogP contribution in [0.2, 0.25) is 0 Å². The monoisotopic (exact) mass is 347 g/mol. The number of hydrogen-bond donors (Lipinski definition) is 3. The standard InChI is InChI=1S/C22H25N3O/c1-26-21-10-9-18-11-16(7-8-19(18)12-21)13-23-14-20-15-24-25-22(20)17-5-3-2-4-6-17/h2-12,20,22-25H,13-15H2,1H3. The zero-order valence-electron chi connectivity index (χ0n) is 15.0. The van der Waals surface area contributed by atoms with E-state index in [-0.39, 0.29) is 0 Å². The van der Waals surface area contributed by atoms with E-state index in [1.807, 2.05) is 6.07 Å². The Morgan fingerprint density at radius 2 is 1.81 bits per heavy atom. The molecule has 0 radical (unpaired) electrons. The number of nitrogens with one attached hydrogen (secondary N) is 3. The molecule has 0 spiro atoms. The number of ether oxygens (including phenoxy) is 1. The second kappa shape index (κ2) is 7.87. The van der Waals surface area contributed by atoms with E-state index in [1.54, 1.807) is 7.11 Å². The molecular weight excluding hydrogens is 322 g/mol. The number of fused-ring (bicyclic) bond motifs is 1. The zero-order valence-corrected chi connectivity index (χ0v) is 15.0. The van der Waals surface area contributed by atoms with Crippen molar-refractivity contribution in [2.24, 2.45) is 5.92 Å². The Balaban J connectivity index is 1.37. The molecule has 3 aromatic rings. The lowest BCUT2D eigenvalue weighted by molar-refractivity contribution is 0.415. The van der Waals surface area contributed by atoms with Crippen LogP contribution in [0.25, 0.3) is 10.8 Å². The van der Waals surface area contributed by atoms with E-state index in [0.717, 1.165) is 25.4 Å². The molecule has 3 aromatic carbocycles. The summed E-state index contributed by atoms with van der Waals surface area (Å²) in [6.07, 6.45) is 0. The lowest BCUT2D eigenvalue weighted by Crippen LogP contribution is -2.28. The van der Waals surface area contributed by atoms with E-state index in [1.165, 1.54) is 21.9 Å². The molecule has 4 nitrogen and oxygen atoms in total. The topological polar surface area (TPSA) is 45.3 Å². The maximum absolute atomic E-state index is 5.30. The number of benzene rings is 3. The summed E-state index contributed by atoms with van der Waals surface area (Å²) < 4.78 is 5.30. The molecular formula is C22H25N3O. The van der Waals surface area contributed by atoms with Gasteiger partial charge in [0.2, 0.25) is 0 Å². The lowest BCUT2D eigenvalue weighted by atomic mass is 9.95. The van der Waals surface area contributed by atoms with Crippen LogP contribution in [-0.2, 0) is 6.54 Å². The Hall–Kier alpha value is -2.40. The molecule has 4 rings (SSSR count). The number of hydrazine groups is 1. The maximum Gasteiger partial charge on any atom is 0.119 e. The molecule has 3 N–H and O–H groups in total. The van der Waals surface area contributed by atoms with Gasteiger partial charge in [-0.1, -0.05) is 48.5 Å². The van der Waals surface area contributed by atoms with Crippen LogP contribution in [0.1, 0.15) is 17.2 Å². The Bertz CT molecular complexity index is 866. The Kier molecular flexibility index (Phi) is 5.16. The molecule has 1 aliphatic heterocycles. The molecule has 0 aromatic heterocycles.